The zero-order valence-corrected chi connectivity index (χ0v) is 17.8. The molecule has 162 valence electrons. The summed E-state index contributed by atoms with van der Waals surface area (Å²) >= 11 is 0. The minimum Gasteiger partial charge on any atom is -0.493 e. The zero-order valence-electron chi connectivity index (χ0n) is 17.8. The van der Waals surface area contributed by atoms with Gasteiger partial charge in [0, 0.05) is 32.5 Å². The van der Waals surface area contributed by atoms with Crippen LogP contribution in [-0.2, 0) is 28.9 Å². The third-order valence-corrected chi connectivity index (χ3v) is 5.71. The van der Waals surface area contributed by atoms with Crippen molar-refractivity contribution in [3.05, 3.63) is 77.4 Å². The van der Waals surface area contributed by atoms with Crippen LogP contribution in [0.1, 0.15) is 23.1 Å². The maximum Gasteiger partial charge on any atom is 0.303 e. The maximum absolute atomic E-state index is 11.1. The SMILES string of the molecule is O=C(O)CCc1ccc(CN2CCOCC2)cc1OCCc1ccc2ccccc2c1. The van der Waals surface area contributed by atoms with Gasteiger partial charge in [-0.15, -0.1) is 0 Å². The number of carboxylic acids is 1. The normalized spacial score (nSPS) is 14.6. The molecule has 0 aromatic heterocycles. The lowest BCUT2D eigenvalue weighted by molar-refractivity contribution is -0.136. The van der Waals surface area contributed by atoms with E-state index < -0.39 is 5.97 Å². The van der Waals surface area contributed by atoms with Gasteiger partial charge in [0.1, 0.15) is 5.75 Å². The first kappa shape index (κ1) is 21.3. The molecule has 0 unspecified atom stereocenters. The molecule has 1 saturated heterocycles. The van der Waals surface area contributed by atoms with Crippen LogP contribution in [0.4, 0.5) is 0 Å². The molecule has 3 aromatic rings. The van der Waals surface area contributed by atoms with E-state index >= 15 is 0 Å². The highest BCUT2D eigenvalue weighted by atomic mass is 16.5. The predicted octanol–water partition coefficient (Wildman–Crippen LogP) is 4.31. The average Bonchev–Trinajstić information content (AvgIpc) is 2.79. The zero-order chi connectivity index (χ0) is 21.5. The molecule has 0 amide bonds. The number of ether oxygens (including phenoxy) is 2. The van der Waals surface area contributed by atoms with Gasteiger partial charge in [0.25, 0.3) is 0 Å². The van der Waals surface area contributed by atoms with Crippen molar-refractivity contribution in [2.75, 3.05) is 32.9 Å². The van der Waals surface area contributed by atoms with Crippen LogP contribution in [0.5, 0.6) is 5.75 Å². The Hall–Kier alpha value is -2.89. The highest BCUT2D eigenvalue weighted by molar-refractivity contribution is 5.83. The van der Waals surface area contributed by atoms with Gasteiger partial charge in [-0.2, -0.15) is 0 Å². The van der Waals surface area contributed by atoms with Gasteiger partial charge in [0.05, 0.1) is 19.8 Å². The Morgan fingerprint density at radius 1 is 0.935 bits per heavy atom. The number of morpholine rings is 1. The van der Waals surface area contributed by atoms with Gasteiger partial charge in [-0.05, 0) is 39.9 Å². The van der Waals surface area contributed by atoms with Crippen molar-refractivity contribution in [2.45, 2.75) is 25.8 Å². The van der Waals surface area contributed by atoms with Gasteiger partial charge in [-0.3, -0.25) is 9.69 Å². The molecule has 0 radical (unpaired) electrons. The molecule has 5 heteroatoms. The first-order valence-electron chi connectivity index (χ1n) is 10.9. The smallest absolute Gasteiger partial charge is 0.303 e. The largest absolute Gasteiger partial charge is 0.493 e. The molecular formula is C26H29NO4. The molecule has 1 aliphatic rings. The molecule has 0 aliphatic carbocycles. The summed E-state index contributed by atoms with van der Waals surface area (Å²) in [7, 11) is 0. The molecular weight excluding hydrogens is 390 g/mol. The lowest BCUT2D eigenvalue weighted by atomic mass is 10.0. The summed E-state index contributed by atoms with van der Waals surface area (Å²) in [5.41, 5.74) is 3.36. The number of aliphatic carboxylic acids is 1. The molecule has 4 rings (SSSR count). The summed E-state index contributed by atoms with van der Waals surface area (Å²) < 4.78 is 11.6. The van der Waals surface area contributed by atoms with Gasteiger partial charge in [0.15, 0.2) is 0 Å². The van der Waals surface area contributed by atoms with Crippen molar-refractivity contribution < 1.29 is 19.4 Å². The van der Waals surface area contributed by atoms with Crippen LogP contribution >= 0.6 is 0 Å². The Labute approximate surface area is 183 Å². The summed E-state index contributed by atoms with van der Waals surface area (Å²) in [5, 5.41) is 11.6. The average molecular weight is 420 g/mol. The van der Waals surface area contributed by atoms with Gasteiger partial charge >= 0.3 is 5.97 Å². The monoisotopic (exact) mass is 419 g/mol. The Bertz CT molecular complexity index is 1030. The van der Waals surface area contributed by atoms with E-state index in [-0.39, 0.29) is 6.42 Å². The number of fused-ring (bicyclic) bond motifs is 1. The molecule has 1 aliphatic heterocycles. The van der Waals surface area contributed by atoms with Crippen molar-refractivity contribution in [3.8, 4) is 5.75 Å². The van der Waals surface area contributed by atoms with Gasteiger partial charge in [0.2, 0.25) is 0 Å². The summed E-state index contributed by atoms with van der Waals surface area (Å²) in [6.07, 6.45) is 1.37. The number of carboxylic acid groups (broad SMARTS) is 1. The van der Waals surface area contributed by atoms with E-state index in [9.17, 15) is 4.79 Å². The Balaban J connectivity index is 1.43. The summed E-state index contributed by atoms with van der Waals surface area (Å²) in [6, 6.07) is 21.0. The number of aryl methyl sites for hydroxylation is 1. The number of benzene rings is 3. The number of rotatable bonds is 9. The van der Waals surface area contributed by atoms with E-state index in [1.807, 2.05) is 12.1 Å². The number of nitrogens with zero attached hydrogens (tertiary/aromatic N) is 1. The van der Waals surface area contributed by atoms with E-state index in [4.69, 9.17) is 14.6 Å². The molecule has 3 aromatic carbocycles. The third kappa shape index (κ3) is 6.06. The maximum atomic E-state index is 11.1. The molecule has 0 spiro atoms. The second-order valence-corrected chi connectivity index (χ2v) is 8.00. The first-order valence-corrected chi connectivity index (χ1v) is 10.9. The Kier molecular flexibility index (Phi) is 7.18. The fraction of sp³-hybridized carbons (Fsp3) is 0.346. The standard InChI is InChI=1S/C26H29NO4/c28-26(29)10-9-23-8-6-21(19-27-12-15-30-16-13-27)18-25(23)31-14-11-20-5-7-22-3-1-2-4-24(22)17-20/h1-8,17-18H,9-16,19H2,(H,28,29). The van der Waals surface area contributed by atoms with Crippen LogP contribution in [0.3, 0.4) is 0 Å². The lowest BCUT2D eigenvalue weighted by Gasteiger charge is -2.26. The topological polar surface area (TPSA) is 59.0 Å². The number of hydrogen-bond acceptors (Lipinski definition) is 4. The van der Waals surface area contributed by atoms with Crippen molar-refractivity contribution >= 4 is 16.7 Å². The van der Waals surface area contributed by atoms with Crippen molar-refractivity contribution in [1.82, 2.24) is 4.90 Å². The first-order chi connectivity index (χ1) is 15.2. The van der Waals surface area contributed by atoms with E-state index in [1.54, 1.807) is 0 Å². The minimum absolute atomic E-state index is 0.101. The fourth-order valence-electron chi connectivity index (χ4n) is 3.97. The summed E-state index contributed by atoms with van der Waals surface area (Å²) in [5.74, 6) is 0.00676. The van der Waals surface area contributed by atoms with Crippen molar-refractivity contribution in [1.29, 1.82) is 0 Å². The molecule has 0 saturated carbocycles. The van der Waals surface area contributed by atoms with E-state index in [0.29, 0.717) is 13.0 Å². The Morgan fingerprint density at radius 2 is 1.71 bits per heavy atom. The van der Waals surface area contributed by atoms with Gasteiger partial charge < -0.3 is 14.6 Å². The van der Waals surface area contributed by atoms with Crippen LogP contribution in [0.25, 0.3) is 10.8 Å². The second-order valence-electron chi connectivity index (χ2n) is 8.00. The fourth-order valence-corrected chi connectivity index (χ4v) is 3.97. The quantitative estimate of drug-likeness (QED) is 0.560. The van der Waals surface area contributed by atoms with Crippen LogP contribution < -0.4 is 4.74 Å². The van der Waals surface area contributed by atoms with Crippen LogP contribution in [-0.4, -0.2) is 48.9 Å². The second kappa shape index (κ2) is 10.4. The molecule has 0 bridgehead atoms. The van der Waals surface area contributed by atoms with Crippen LogP contribution in [0.15, 0.2) is 60.7 Å². The minimum atomic E-state index is -0.792. The van der Waals surface area contributed by atoms with Crippen molar-refractivity contribution in [2.24, 2.45) is 0 Å². The number of carbonyl (C=O) groups is 1. The molecule has 0 atom stereocenters. The number of hydrogen-bond donors (Lipinski definition) is 1. The van der Waals surface area contributed by atoms with E-state index in [2.05, 4.69) is 53.4 Å². The molecule has 5 nitrogen and oxygen atoms in total. The lowest BCUT2D eigenvalue weighted by Crippen LogP contribution is -2.35. The highest BCUT2D eigenvalue weighted by Gasteiger charge is 2.13. The van der Waals surface area contributed by atoms with Gasteiger partial charge in [-0.25, -0.2) is 0 Å². The predicted molar refractivity (Wildman–Crippen MR) is 122 cm³/mol. The molecule has 1 heterocycles. The highest BCUT2D eigenvalue weighted by Crippen LogP contribution is 2.24. The molecule has 1 fully saturated rings. The third-order valence-electron chi connectivity index (χ3n) is 5.71. The molecule has 31 heavy (non-hydrogen) atoms. The summed E-state index contributed by atoms with van der Waals surface area (Å²) in [6.45, 7) is 4.80. The van der Waals surface area contributed by atoms with E-state index in [0.717, 1.165) is 50.6 Å². The van der Waals surface area contributed by atoms with E-state index in [1.165, 1.54) is 21.9 Å². The van der Waals surface area contributed by atoms with Gasteiger partial charge in [-0.1, -0.05) is 54.6 Å². The Morgan fingerprint density at radius 3 is 2.52 bits per heavy atom. The van der Waals surface area contributed by atoms with Crippen molar-refractivity contribution in [3.63, 3.8) is 0 Å². The van der Waals surface area contributed by atoms with Crippen LogP contribution in [0, 0.1) is 0 Å². The molecule has 1 N–H and O–H groups in total. The summed E-state index contributed by atoms with van der Waals surface area (Å²) in [4.78, 5) is 13.4. The van der Waals surface area contributed by atoms with Crippen LogP contribution in [0.2, 0.25) is 0 Å².